The van der Waals surface area contributed by atoms with Gasteiger partial charge in [0.25, 0.3) is 0 Å². The van der Waals surface area contributed by atoms with E-state index in [0.717, 1.165) is 22.6 Å². The lowest BCUT2D eigenvalue weighted by Crippen LogP contribution is -2.09. The van der Waals surface area contributed by atoms with Crippen LogP contribution in [0.4, 0.5) is 5.95 Å². The van der Waals surface area contributed by atoms with Crippen molar-refractivity contribution in [2.75, 3.05) is 26.6 Å². The van der Waals surface area contributed by atoms with Gasteiger partial charge in [0.1, 0.15) is 24.0 Å². The van der Waals surface area contributed by atoms with Crippen molar-refractivity contribution in [2.45, 2.75) is 26.5 Å². The molecule has 0 bridgehead atoms. The molecule has 0 atom stereocenters. The van der Waals surface area contributed by atoms with Gasteiger partial charge in [-0.25, -0.2) is 4.98 Å². The van der Waals surface area contributed by atoms with Crippen molar-refractivity contribution in [2.24, 2.45) is 0 Å². The normalized spacial score (nSPS) is 10.7. The molecule has 2 aromatic carbocycles. The Morgan fingerprint density at radius 3 is 2.34 bits per heavy atom. The molecular weight excluding hydrogens is 522 g/mol. The fourth-order valence-electron chi connectivity index (χ4n) is 4.15. The van der Waals surface area contributed by atoms with Crippen LogP contribution >= 0.6 is 0 Å². The molecule has 0 saturated heterocycles. The number of benzene rings is 2. The first-order valence-corrected chi connectivity index (χ1v) is 13.0. The van der Waals surface area contributed by atoms with Gasteiger partial charge in [-0.3, -0.25) is 4.98 Å². The van der Waals surface area contributed by atoms with Crippen LogP contribution in [0, 0.1) is 6.92 Å². The highest BCUT2D eigenvalue weighted by atomic mass is 16.5. The van der Waals surface area contributed by atoms with E-state index in [2.05, 4.69) is 20.3 Å². The van der Waals surface area contributed by atoms with E-state index in [0.29, 0.717) is 53.8 Å². The monoisotopic (exact) mass is 553 g/mol. The fourth-order valence-corrected chi connectivity index (χ4v) is 4.15. The van der Waals surface area contributed by atoms with Crippen molar-refractivity contribution in [3.8, 4) is 28.9 Å². The Morgan fingerprint density at radius 1 is 0.805 bits per heavy atom. The summed E-state index contributed by atoms with van der Waals surface area (Å²) in [5, 5.41) is 8.08. The lowest BCUT2D eigenvalue weighted by Gasteiger charge is -2.11. The Hall–Kier alpha value is -5.19. The van der Waals surface area contributed by atoms with Crippen LogP contribution < -0.4 is 24.3 Å². The summed E-state index contributed by atoms with van der Waals surface area (Å²) in [5.41, 5.74) is 2.83. The molecule has 0 amide bonds. The van der Waals surface area contributed by atoms with Crippen LogP contribution in [-0.2, 0) is 19.6 Å². The lowest BCUT2D eigenvalue weighted by atomic mass is 10.1. The van der Waals surface area contributed by atoms with Gasteiger partial charge in [0.05, 0.1) is 27.0 Å². The van der Waals surface area contributed by atoms with Crippen LogP contribution in [0.1, 0.15) is 28.5 Å². The van der Waals surface area contributed by atoms with Crippen molar-refractivity contribution in [3.05, 3.63) is 101 Å². The molecule has 0 spiro atoms. The van der Waals surface area contributed by atoms with Gasteiger partial charge in [0.15, 0.2) is 17.3 Å². The molecule has 0 saturated carbocycles. The summed E-state index contributed by atoms with van der Waals surface area (Å²) in [6.07, 6.45) is 2.19. The van der Waals surface area contributed by atoms with Crippen molar-refractivity contribution < 1.29 is 18.9 Å². The van der Waals surface area contributed by atoms with Crippen LogP contribution in [0.3, 0.4) is 0 Å². The van der Waals surface area contributed by atoms with Crippen LogP contribution in [0.15, 0.2) is 72.9 Å². The molecule has 3 aromatic heterocycles. The van der Waals surface area contributed by atoms with Gasteiger partial charge in [-0.2, -0.15) is 14.6 Å². The molecule has 11 heteroatoms. The van der Waals surface area contributed by atoms with Crippen LogP contribution in [-0.4, -0.2) is 51.0 Å². The van der Waals surface area contributed by atoms with E-state index in [1.807, 2.05) is 67.6 Å². The summed E-state index contributed by atoms with van der Waals surface area (Å²) in [7, 11) is 4.87. The lowest BCUT2D eigenvalue weighted by molar-refractivity contribution is 0.287. The minimum Gasteiger partial charge on any atom is -0.497 e. The predicted molar refractivity (Wildman–Crippen MR) is 153 cm³/mol. The highest BCUT2D eigenvalue weighted by Crippen LogP contribution is 2.29. The summed E-state index contributed by atoms with van der Waals surface area (Å²) in [4.78, 5) is 18.2. The highest BCUT2D eigenvalue weighted by Gasteiger charge is 2.17. The molecule has 1 N–H and O–H groups in total. The summed E-state index contributed by atoms with van der Waals surface area (Å²) in [6.45, 7) is 2.62. The van der Waals surface area contributed by atoms with E-state index in [1.165, 1.54) is 0 Å². The molecule has 0 unspecified atom stereocenters. The topological polar surface area (TPSA) is 118 Å². The Morgan fingerprint density at radius 2 is 1.61 bits per heavy atom. The van der Waals surface area contributed by atoms with E-state index >= 15 is 0 Å². The standard InChI is InChI=1S/C30H31N7O4/c1-20-33-28(17-29(34-20)41-19-23-7-5-6-14-31-23)37-27(16-22-10-13-25(39-3)26(15-22)40-4)35-30(36-37)32-18-21-8-11-24(38-2)12-9-21/h5-15,17H,16,18-19H2,1-4H3,(H,32,36). The zero-order valence-electron chi connectivity index (χ0n) is 23.4. The molecule has 5 rings (SSSR count). The predicted octanol–water partition coefficient (Wildman–Crippen LogP) is 4.57. The summed E-state index contributed by atoms with van der Waals surface area (Å²) in [6, 6.07) is 21.0. The van der Waals surface area contributed by atoms with Gasteiger partial charge < -0.3 is 24.3 Å². The maximum absolute atomic E-state index is 5.95. The Bertz CT molecular complexity index is 1590. The van der Waals surface area contributed by atoms with Crippen molar-refractivity contribution in [1.82, 2.24) is 29.7 Å². The quantitative estimate of drug-likeness (QED) is 0.235. The molecule has 5 aromatic rings. The van der Waals surface area contributed by atoms with Crippen LogP contribution in [0.5, 0.6) is 23.1 Å². The number of methoxy groups -OCH3 is 3. The molecule has 0 aliphatic carbocycles. The van der Waals surface area contributed by atoms with Crippen molar-refractivity contribution >= 4 is 5.95 Å². The molecule has 210 valence electrons. The number of ether oxygens (including phenoxy) is 4. The highest BCUT2D eigenvalue weighted by molar-refractivity contribution is 5.44. The smallest absolute Gasteiger partial charge is 0.243 e. The Kier molecular flexibility index (Phi) is 8.53. The van der Waals surface area contributed by atoms with E-state index in [-0.39, 0.29) is 6.61 Å². The number of nitrogens with zero attached hydrogens (tertiary/aromatic N) is 6. The summed E-state index contributed by atoms with van der Waals surface area (Å²) in [5.74, 6) is 4.71. The second-order valence-corrected chi connectivity index (χ2v) is 9.05. The second-order valence-electron chi connectivity index (χ2n) is 9.05. The third-order valence-corrected chi connectivity index (χ3v) is 6.21. The minimum absolute atomic E-state index is 0.279. The summed E-state index contributed by atoms with van der Waals surface area (Å²) < 4.78 is 23.8. The van der Waals surface area contributed by atoms with Gasteiger partial charge in [0, 0.05) is 25.2 Å². The molecule has 0 aliphatic heterocycles. The molecular formula is C30H31N7O4. The van der Waals surface area contributed by atoms with Crippen LogP contribution in [0.2, 0.25) is 0 Å². The van der Waals surface area contributed by atoms with Crippen LogP contribution in [0.25, 0.3) is 5.82 Å². The first-order chi connectivity index (χ1) is 20.0. The first kappa shape index (κ1) is 27.4. The largest absolute Gasteiger partial charge is 0.497 e. The number of rotatable bonds is 12. The minimum atomic E-state index is 0.279. The number of anilines is 1. The number of aromatic nitrogens is 6. The van der Waals surface area contributed by atoms with E-state index in [4.69, 9.17) is 29.0 Å². The number of aryl methyl sites for hydroxylation is 1. The molecule has 3 heterocycles. The third-order valence-electron chi connectivity index (χ3n) is 6.21. The zero-order chi connectivity index (χ0) is 28.6. The average Bonchev–Trinajstić information content (AvgIpc) is 3.42. The Labute approximate surface area is 238 Å². The van der Waals surface area contributed by atoms with Crippen molar-refractivity contribution in [3.63, 3.8) is 0 Å². The average molecular weight is 554 g/mol. The maximum Gasteiger partial charge on any atom is 0.243 e. The Balaban J connectivity index is 1.44. The molecule has 0 aliphatic rings. The van der Waals surface area contributed by atoms with E-state index < -0.39 is 0 Å². The maximum atomic E-state index is 5.95. The number of hydrogen-bond donors (Lipinski definition) is 1. The third kappa shape index (κ3) is 6.88. The second kappa shape index (κ2) is 12.8. The van der Waals surface area contributed by atoms with Gasteiger partial charge in [-0.1, -0.05) is 24.3 Å². The first-order valence-electron chi connectivity index (χ1n) is 13.0. The van der Waals surface area contributed by atoms with Crippen molar-refractivity contribution in [1.29, 1.82) is 0 Å². The summed E-state index contributed by atoms with van der Waals surface area (Å²) >= 11 is 0. The van der Waals surface area contributed by atoms with Gasteiger partial charge in [-0.15, -0.1) is 5.10 Å². The van der Waals surface area contributed by atoms with Gasteiger partial charge in [-0.05, 0) is 54.4 Å². The van der Waals surface area contributed by atoms with E-state index in [1.54, 1.807) is 38.3 Å². The van der Waals surface area contributed by atoms with Gasteiger partial charge in [0.2, 0.25) is 11.8 Å². The van der Waals surface area contributed by atoms with E-state index in [9.17, 15) is 0 Å². The molecule has 0 fully saturated rings. The van der Waals surface area contributed by atoms with Gasteiger partial charge >= 0.3 is 0 Å². The zero-order valence-corrected chi connectivity index (χ0v) is 23.4. The molecule has 41 heavy (non-hydrogen) atoms. The molecule has 11 nitrogen and oxygen atoms in total. The molecule has 0 radical (unpaired) electrons. The number of nitrogens with one attached hydrogen (secondary N) is 1. The number of pyridine rings is 1. The SMILES string of the molecule is COc1ccc(CNc2nc(Cc3ccc(OC)c(OC)c3)n(-c3cc(OCc4ccccn4)nc(C)n3)n2)cc1. The fraction of sp³-hybridized carbons (Fsp3) is 0.233. The number of hydrogen-bond acceptors (Lipinski definition) is 10.